The third-order valence-corrected chi connectivity index (χ3v) is 1.20. The van der Waals surface area contributed by atoms with Crippen molar-refractivity contribution in [3.8, 4) is 6.07 Å². The zero-order chi connectivity index (χ0) is 6.78. The predicted octanol–water partition coefficient (Wildman–Crippen LogP) is 1.21. The first-order chi connectivity index (χ1) is 3.48. The largest absolute Gasteiger partial charge is 0.312 e. The molecule has 0 bridgehead atoms. The van der Waals surface area contributed by atoms with Gasteiger partial charge in [0.25, 0.3) is 0 Å². The second-order valence-corrected chi connectivity index (χ2v) is 3.52. The molecule has 0 heterocycles. The molecule has 0 saturated heterocycles. The molecule has 0 saturated carbocycles. The Kier molecular flexibility index (Phi) is 2.86. The van der Waals surface area contributed by atoms with Gasteiger partial charge in [-0.15, -0.1) is 0 Å². The molecule has 0 rings (SSSR count). The summed E-state index contributed by atoms with van der Waals surface area (Å²) in [5.41, 5.74) is 4.99. The highest BCUT2D eigenvalue weighted by atomic mass is 35.6. The van der Waals surface area contributed by atoms with Gasteiger partial charge >= 0.3 is 0 Å². The lowest BCUT2D eigenvalue weighted by molar-refractivity contribution is 0.858. The zero-order valence-corrected chi connectivity index (χ0v) is 6.00. The van der Waals surface area contributed by atoms with Gasteiger partial charge in [-0.1, -0.05) is 34.8 Å². The third kappa shape index (κ3) is 2.58. The Hall–Kier alpha value is 0.320. The van der Waals surface area contributed by atoms with E-state index >= 15 is 0 Å². The van der Waals surface area contributed by atoms with Gasteiger partial charge in [0.2, 0.25) is 3.79 Å². The van der Waals surface area contributed by atoms with Gasteiger partial charge in [0, 0.05) is 0 Å². The van der Waals surface area contributed by atoms with Crippen LogP contribution in [0.2, 0.25) is 0 Å². The number of alkyl halides is 3. The Bertz CT molecular complexity index is 111. The Labute approximate surface area is 62.1 Å². The van der Waals surface area contributed by atoms with Crippen molar-refractivity contribution in [3.05, 3.63) is 0 Å². The molecule has 5 heteroatoms. The summed E-state index contributed by atoms with van der Waals surface area (Å²) >= 11 is 15.5. The summed E-state index contributed by atoms with van der Waals surface area (Å²) in [6.07, 6.45) is 0. The summed E-state index contributed by atoms with van der Waals surface area (Å²) in [6.45, 7) is 0. The summed E-state index contributed by atoms with van der Waals surface area (Å²) < 4.78 is -1.66. The molecule has 8 heavy (non-hydrogen) atoms. The third-order valence-electron chi connectivity index (χ3n) is 0.492. The maximum absolute atomic E-state index is 8.04. The van der Waals surface area contributed by atoms with Crippen LogP contribution in [0.4, 0.5) is 0 Å². The van der Waals surface area contributed by atoms with Gasteiger partial charge in [-0.2, -0.15) is 5.26 Å². The molecule has 2 nitrogen and oxygen atoms in total. The van der Waals surface area contributed by atoms with E-state index in [2.05, 4.69) is 0 Å². The first-order valence-electron chi connectivity index (χ1n) is 1.70. The van der Waals surface area contributed by atoms with E-state index < -0.39 is 9.83 Å². The van der Waals surface area contributed by atoms with Crippen molar-refractivity contribution < 1.29 is 0 Å². The average molecular weight is 173 g/mol. The fourth-order valence-corrected chi connectivity index (χ4v) is 0.220. The van der Waals surface area contributed by atoms with Crippen molar-refractivity contribution in [3.63, 3.8) is 0 Å². The van der Waals surface area contributed by atoms with Crippen LogP contribution >= 0.6 is 34.8 Å². The van der Waals surface area contributed by atoms with Crippen LogP contribution in [0.1, 0.15) is 0 Å². The molecule has 2 N–H and O–H groups in total. The van der Waals surface area contributed by atoms with E-state index in [0.29, 0.717) is 0 Å². The topological polar surface area (TPSA) is 49.8 Å². The van der Waals surface area contributed by atoms with Crippen LogP contribution in [0.15, 0.2) is 0 Å². The number of halogens is 3. The highest BCUT2D eigenvalue weighted by Gasteiger charge is 2.28. The Morgan fingerprint density at radius 1 is 1.50 bits per heavy atom. The summed E-state index contributed by atoms with van der Waals surface area (Å²) in [6, 6.07) is 0.538. The van der Waals surface area contributed by atoms with Crippen molar-refractivity contribution in [1.82, 2.24) is 0 Å². The molecule has 0 aromatic rings. The summed E-state index contributed by atoms with van der Waals surface area (Å²) in [4.78, 5) is 0. The van der Waals surface area contributed by atoms with E-state index in [9.17, 15) is 0 Å². The van der Waals surface area contributed by atoms with Crippen molar-refractivity contribution in [2.75, 3.05) is 0 Å². The lowest BCUT2D eigenvalue weighted by Gasteiger charge is -2.10. The lowest BCUT2D eigenvalue weighted by Crippen LogP contribution is -2.32. The predicted molar refractivity (Wildman–Crippen MR) is 33.9 cm³/mol. The quantitative estimate of drug-likeness (QED) is 0.560. The van der Waals surface area contributed by atoms with E-state index in [-0.39, 0.29) is 0 Å². The van der Waals surface area contributed by atoms with E-state index in [1.54, 1.807) is 6.07 Å². The number of hydrogen-bond acceptors (Lipinski definition) is 2. The van der Waals surface area contributed by atoms with Crippen LogP contribution in [0.25, 0.3) is 0 Å². The number of nitrogens with two attached hydrogens (primary N) is 1. The number of hydrogen-bond donors (Lipinski definition) is 1. The monoisotopic (exact) mass is 172 g/mol. The normalized spacial score (nSPS) is 14.9. The fourth-order valence-electron chi connectivity index (χ4n) is 0.0732. The van der Waals surface area contributed by atoms with E-state index in [4.69, 9.17) is 45.8 Å². The molecule has 0 aromatic heterocycles. The fraction of sp³-hybridized carbons (Fsp3) is 0.667. The maximum atomic E-state index is 8.04. The zero-order valence-electron chi connectivity index (χ0n) is 3.74. The molecule has 0 radical (unpaired) electrons. The van der Waals surface area contributed by atoms with Gasteiger partial charge in [0.1, 0.15) is 6.04 Å². The minimum Gasteiger partial charge on any atom is -0.312 e. The number of rotatable bonds is 0. The van der Waals surface area contributed by atoms with Crippen LogP contribution in [0.5, 0.6) is 0 Å². The van der Waals surface area contributed by atoms with Crippen molar-refractivity contribution in [1.29, 1.82) is 5.26 Å². The van der Waals surface area contributed by atoms with Gasteiger partial charge in [-0.25, -0.2) is 0 Å². The second-order valence-electron chi connectivity index (χ2n) is 1.15. The highest BCUT2D eigenvalue weighted by molar-refractivity contribution is 6.68. The van der Waals surface area contributed by atoms with E-state index in [0.717, 1.165) is 0 Å². The molecule has 0 aliphatic carbocycles. The molecule has 0 aromatic carbocycles. The molecular weight excluding hydrogens is 170 g/mol. The van der Waals surface area contributed by atoms with Crippen LogP contribution in [0.3, 0.4) is 0 Å². The Morgan fingerprint density at radius 2 is 1.88 bits per heavy atom. The van der Waals surface area contributed by atoms with Gasteiger partial charge < -0.3 is 5.73 Å². The Morgan fingerprint density at radius 3 is 1.88 bits per heavy atom. The average Bonchev–Trinajstić information content (AvgIpc) is 1.62. The number of nitriles is 1. The highest BCUT2D eigenvalue weighted by Crippen LogP contribution is 2.28. The SMILES string of the molecule is N#CC(N)C(Cl)(Cl)Cl. The molecular formula is C3H3Cl3N2. The molecule has 0 fully saturated rings. The van der Waals surface area contributed by atoms with Gasteiger partial charge in [-0.3, -0.25) is 0 Å². The molecule has 0 spiro atoms. The summed E-state index contributed by atoms with van der Waals surface area (Å²) in [5.74, 6) is 0. The van der Waals surface area contributed by atoms with Gasteiger partial charge in [0.05, 0.1) is 6.07 Å². The summed E-state index contributed by atoms with van der Waals surface area (Å²) in [7, 11) is 0. The van der Waals surface area contributed by atoms with E-state index in [1.165, 1.54) is 0 Å². The maximum Gasteiger partial charge on any atom is 0.218 e. The van der Waals surface area contributed by atoms with Crippen LogP contribution < -0.4 is 5.73 Å². The van der Waals surface area contributed by atoms with Crippen LogP contribution in [-0.4, -0.2) is 9.83 Å². The molecule has 0 aliphatic heterocycles. The van der Waals surface area contributed by atoms with Crippen molar-refractivity contribution >= 4 is 34.8 Å². The van der Waals surface area contributed by atoms with Gasteiger partial charge in [0.15, 0.2) is 0 Å². The molecule has 1 unspecified atom stereocenters. The van der Waals surface area contributed by atoms with Crippen molar-refractivity contribution in [2.45, 2.75) is 9.83 Å². The molecule has 0 aliphatic rings. The minimum atomic E-state index is -1.66. The minimum absolute atomic E-state index is 1.05. The second kappa shape index (κ2) is 2.75. The molecule has 46 valence electrons. The van der Waals surface area contributed by atoms with Crippen LogP contribution in [0, 0.1) is 11.3 Å². The first kappa shape index (κ1) is 8.32. The lowest BCUT2D eigenvalue weighted by atomic mass is 10.4. The van der Waals surface area contributed by atoms with Crippen molar-refractivity contribution in [2.24, 2.45) is 5.73 Å². The number of nitrogens with zero attached hydrogens (tertiary/aromatic N) is 1. The van der Waals surface area contributed by atoms with E-state index in [1.807, 2.05) is 0 Å². The Balaban J connectivity index is 3.87. The molecule has 0 amide bonds. The smallest absolute Gasteiger partial charge is 0.218 e. The van der Waals surface area contributed by atoms with Gasteiger partial charge in [-0.05, 0) is 0 Å². The molecule has 1 atom stereocenters. The summed E-state index contributed by atoms with van der Waals surface area (Å²) in [5, 5.41) is 8.04. The van der Waals surface area contributed by atoms with Crippen LogP contribution in [-0.2, 0) is 0 Å². The first-order valence-corrected chi connectivity index (χ1v) is 2.84. The standard InChI is InChI=1S/C3H3Cl3N2/c4-3(5,6)2(8)1-7/h2H,8H2.